The van der Waals surface area contributed by atoms with Gasteiger partial charge in [-0.1, -0.05) is 6.92 Å². The van der Waals surface area contributed by atoms with E-state index < -0.39 is 38.0 Å². The summed E-state index contributed by atoms with van der Waals surface area (Å²) in [4.78, 5) is 21.1. The molecular weight excluding hydrogens is 475 g/mol. The van der Waals surface area contributed by atoms with Crippen molar-refractivity contribution in [1.29, 1.82) is 0 Å². The Morgan fingerprint density at radius 3 is 2.47 bits per heavy atom. The maximum Gasteiger partial charge on any atom is 0.416 e. The predicted octanol–water partition coefficient (Wildman–Crippen LogP) is 2.78. The van der Waals surface area contributed by atoms with Crippen LogP contribution in [0.1, 0.15) is 43.7 Å². The Balaban J connectivity index is 1.99. The van der Waals surface area contributed by atoms with E-state index in [1.165, 1.54) is 19.2 Å². The number of hydrogen-bond donors (Lipinski definition) is 1. The highest BCUT2D eigenvalue weighted by molar-refractivity contribution is 7.91. The molecule has 0 aliphatic carbocycles. The third-order valence-electron chi connectivity index (χ3n) is 4.77. The van der Waals surface area contributed by atoms with Crippen LogP contribution in [0.5, 0.6) is 0 Å². The van der Waals surface area contributed by atoms with Crippen molar-refractivity contribution in [2.45, 2.75) is 44.4 Å². The van der Waals surface area contributed by atoms with E-state index in [9.17, 15) is 26.4 Å². The molecule has 4 heterocycles. The van der Waals surface area contributed by atoms with Crippen LogP contribution in [-0.4, -0.2) is 54.8 Å². The molecule has 1 N–H and O–H groups in total. The second kappa shape index (κ2) is 7.75. The molecule has 0 aliphatic rings. The smallest absolute Gasteiger partial charge is 0.346 e. The van der Waals surface area contributed by atoms with Crippen molar-refractivity contribution in [2.75, 3.05) is 5.75 Å². The number of aromatic nitrogens is 6. The molecule has 0 saturated carbocycles. The first-order valence-electron chi connectivity index (χ1n) is 10.1. The van der Waals surface area contributed by atoms with Crippen LogP contribution in [-0.2, 0) is 16.0 Å². The minimum absolute atomic E-state index is 0.0156. The van der Waals surface area contributed by atoms with Gasteiger partial charge in [-0.3, -0.25) is 4.79 Å². The Labute approximate surface area is 191 Å². The molecule has 0 atom stereocenters. The summed E-state index contributed by atoms with van der Waals surface area (Å²) < 4.78 is 67.2. The minimum atomic E-state index is -4.59. The lowest BCUT2D eigenvalue weighted by atomic mass is 10.1. The summed E-state index contributed by atoms with van der Waals surface area (Å²) in [6.45, 7) is 6.75. The Bertz CT molecular complexity index is 1530. The molecule has 0 spiro atoms. The molecule has 0 saturated heterocycles. The van der Waals surface area contributed by atoms with Crippen LogP contribution in [0.2, 0.25) is 0 Å². The maximum atomic E-state index is 13.1. The molecule has 4 rings (SSSR count). The highest BCUT2D eigenvalue weighted by atomic mass is 32.2. The Hall–Kier alpha value is -3.55. The summed E-state index contributed by atoms with van der Waals surface area (Å²) >= 11 is 0. The number of fused-ring (bicyclic) bond motifs is 2. The number of rotatable bonds is 4. The van der Waals surface area contributed by atoms with Gasteiger partial charge < -0.3 is 5.32 Å². The number of carbonyl (C=O) groups is 1. The summed E-state index contributed by atoms with van der Waals surface area (Å²) in [6, 6.07) is 3.00. The number of amides is 1. The van der Waals surface area contributed by atoms with Crippen molar-refractivity contribution in [3.63, 3.8) is 0 Å². The van der Waals surface area contributed by atoms with E-state index in [4.69, 9.17) is 0 Å². The third kappa shape index (κ3) is 4.20. The van der Waals surface area contributed by atoms with Crippen molar-refractivity contribution in [3.05, 3.63) is 41.9 Å². The summed E-state index contributed by atoms with van der Waals surface area (Å²) in [7, 11) is -3.96. The maximum absolute atomic E-state index is 13.1. The molecule has 0 bridgehead atoms. The zero-order valence-electron chi connectivity index (χ0n) is 18.5. The SMILES string of the molecule is CCS(=O)(=O)c1nn2c(C(=O)NC(C)(C)C)ccnc2c1-c1nc2cc(C(F)(F)F)ccn2n1. The summed E-state index contributed by atoms with van der Waals surface area (Å²) in [5.74, 6) is -1.03. The van der Waals surface area contributed by atoms with E-state index in [0.29, 0.717) is 0 Å². The van der Waals surface area contributed by atoms with Crippen molar-refractivity contribution in [1.82, 2.24) is 34.5 Å². The van der Waals surface area contributed by atoms with Crippen LogP contribution in [0.15, 0.2) is 35.6 Å². The zero-order chi connectivity index (χ0) is 25.1. The largest absolute Gasteiger partial charge is 0.416 e. The van der Waals surface area contributed by atoms with Gasteiger partial charge >= 0.3 is 6.18 Å². The average Bonchev–Trinajstić information content (AvgIpc) is 3.32. The number of alkyl halides is 3. The third-order valence-corrected chi connectivity index (χ3v) is 6.41. The van der Waals surface area contributed by atoms with Gasteiger partial charge in [-0.25, -0.2) is 27.4 Å². The number of nitrogens with one attached hydrogen (secondary N) is 1. The van der Waals surface area contributed by atoms with Crippen LogP contribution < -0.4 is 5.32 Å². The van der Waals surface area contributed by atoms with Gasteiger partial charge in [0.2, 0.25) is 0 Å². The van der Waals surface area contributed by atoms with E-state index >= 15 is 0 Å². The number of nitrogens with zero attached hydrogens (tertiary/aromatic N) is 6. The fourth-order valence-corrected chi connectivity index (χ4v) is 4.19. The van der Waals surface area contributed by atoms with Gasteiger partial charge in [0.05, 0.1) is 11.3 Å². The highest BCUT2D eigenvalue weighted by Gasteiger charge is 2.33. The first-order valence-corrected chi connectivity index (χ1v) is 11.7. The standard InChI is InChI=1S/C20H20F3N7O3S/c1-5-34(32,33)18-14(15-25-13-10-11(20(21,22)23)7-9-29(13)27-15)16-24-8-6-12(30(16)28-18)17(31)26-19(2,3)4/h6-10H,5H2,1-4H3,(H,26,31). The summed E-state index contributed by atoms with van der Waals surface area (Å²) in [5, 5.41) is 10.6. The summed E-state index contributed by atoms with van der Waals surface area (Å²) in [6.07, 6.45) is -2.21. The van der Waals surface area contributed by atoms with Gasteiger partial charge in [-0.05, 0) is 39.0 Å². The first-order chi connectivity index (χ1) is 15.7. The van der Waals surface area contributed by atoms with E-state index in [1.807, 2.05) is 0 Å². The van der Waals surface area contributed by atoms with Crippen molar-refractivity contribution < 1.29 is 26.4 Å². The van der Waals surface area contributed by atoms with Gasteiger partial charge in [0.15, 0.2) is 32.0 Å². The quantitative estimate of drug-likeness (QED) is 0.462. The Kier molecular flexibility index (Phi) is 5.38. The molecule has 4 aromatic heterocycles. The molecule has 4 aromatic rings. The summed E-state index contributed by atoms with van der Waals surface area (Å²) in [5.41, 5.74) is -1.78. The number of carbonyl (C=O) groups excluding carboxylic acids is 1. The average molecular weight is 495 g/mol. The fourth-order valence-electron chi connectivity index (χ4n) is 3.22. The zero-order valence-corrected chi connectivity index (χ0v) is 19.4. The molecule has 0 aromatic carbocycles. The molecule has 180 valence electrons. The van der Waals surface area contributed by atoms with Gasteiger partial charge in [0.1, 0.15) is 11.3 Å². The predicted molar refractivity (Wildman–Crippen MR) is 115 cm³/mol. The van der Waals surface area contributed by atoms with E-state index in [1.54, 1.807) is 20.8 Å². The lowest BCUT2D eigenvalue weighted by Crippen LogP contribution is -2.41. The lowest BCUT2D eigenvalue weighted by Gasteiger charge is -2.20. The topological polar surface area (TPSA) is 124 Å². The molecule has 34 heavy (non-hydrogen) atoms. The fraction of sp³-hybridized carbons (Fsp3) is 0.350. The van der Waals surface area contributed by atoms with Gasteiger partial charge in [0.25, 0.3) is 5.91 Å². The number of pyridine rings is 1. The molecule has 1 amide bonds. The highest BCUT2D eigenvalue weighted by Crippen LogP contribution is 2.32. The van der Waals surface area contributed by atoms with Crippen LogP contribution in [0.25, 0.3) is 22.7 Å². The molecule has 0 radical (unpaired) electrons. The molecule has 0 fully saturated rings. The van der Waals surface area contributed by atoms with Gasteiger partial charge in [-0.15, -0.1) is 5.10 Å². The molecular formula is C20H20F3N7O3S. The van der Waals surface area contributed by atoms with Crippen LogP contribution in [0.3, 0.4) is 0 Å². The minimum Gasteiger partial charge on any atom is -0.346 e. The molecule has 0 aliphatic heterocycles. The van der Waals surface area contributed by atoms with Crippen molar-refractivity contribution >= 4 is 27.0 Å². The number of halogens is 3. The van der Waals surface area contributed by atoms with E-state index in [0.717, 1.165) is 27.4 Å². The van der Waals surface area contributed by atoms with Gasteiger partial charge in [0, 0.05) is 17.9 Å². The molecule has 10 nitrogen and oxygen atoms in total. The first kappa shape index (κ1) is 23.6. The Morgan fingerprint density at radius 2 is 1.85 bits per heavy atom. The monoisotopic (exact) mass is 495 g/mol. The van der Waals surface area contributed by atoms with Crippen LogP contribution in [0.4, 0.5) is 13.2 Å². The lowest BCUT2D eigenvalue weighted by molar-refractivity contribution is -0.137. The van der Waals surface area contributed by atoms with Crippen molar-refractivity contribution in [3.8, 4) is 11.4 Å². The number of hydrogen-bond acceptors (Lipinski definition) is 7. The van der Waals surface area contributed by atoms with E-state index in [-0.39, 0.29) is 34.1 Å². The second-order valence-electron chi connectivity index (χ2n) is 8.50. The van der Waals surface area contributed by atoms with Crippen LogP contribution >= 0.6 is 0 Å². The van der Waals surface area contributed by atoms with Crippen LogP contribution in [0, 0.1) is 0 Å². The van der Waals surface area contributed by atoms with E-state index in [2.05, 4.69) is 25.5 Å². The normalized spacial score (nSPS) is 13.0. The number of sulfone groups is 1. The molecule has 0 unspecified atom stereocenters. The molecule has 14 heteroatoms. The van der Waals surface area contributed by atoms with Gasteiger partial charge in [-0.2, -0.15) is 18.3 Å². The Morgan fingerprint density at radius 1 is 1.15 bits per heavy atom. The second-order valence-corrected chi connectivity index (χ2v) is 10.7. The van der Waals surface area contributed by atoms with Crippen molar-refractivity contribution in [2.24, 2.45) is 0 Å².